The van der Waals surface area contributed by atoms with Gasteiger partial charge in [-0.25, -0.2) is 0 Å². The summed E-state index contributed by atoms with van der Waals surface area (Å²) in [5, 5.41) is 6.19. The van der Waals surface area contributed by atoms with Crippen LogP contribution in [0.25, 0.3) is 0 Å². The molecule has 0 aromatic rings. The molecule has 0 saturated carbocycles. The zero-order valence-corrected chi connectivity index (χ0v) is 23.4. The van der Waals surface area contributed by atoms with Gasteiger partial charge in [0.15, 0.2) is 0 Å². The molecule has 0 aliphatic carbocycles. The third kappa shape index (κ3) is 25.6. The molecule has 0 fully saturated rings. The van der Waals surface area contributed by atoms with Crippen molar-refractivity contribution in [2.75, 3.05) is 6.54 Å². The van der Waals surface area contributed by atoms with E-state index in [4.69, 9.17) is 0 Å². The SMILES string of the molecule is CCCCCCCCCCCC(=O)NCCCC[C@@H](C)NC(=O)CCCCCCCCCCC. The minimum absolute atomic E-state index is 0.199. The zero-order chi connectivity index (χ0) is 25.1. The minimum Gasteiger partial charge on any atom is -0.356 e. The summed E-state index contributed by atoms with van der Waals surface area (Å²) in [5.74, 6) is 0.398. The van der Waals surface area contributed by atoms with Crippen LogP contribution in [0.5, 0.6) is 0 Å². The van der Waals surface area contributed by atoms with Crippen LogP contribution in [0.4, 0.5) is 0 Å². The summed E-state index contributed by atoms with van der Waals surface area (Å²) >= 11 is 0. The van der Waals surface area contributed by atoms with Gasteiger partial charge in [0.1, 0.15) is 0 Å². The summed E-state index contributed by atoms with van der Waals surface area (Å²) < 4.78 is 0. The fourth-order valence-corrected chi connectivity index (χ4v) is 4.50. The molecule has 0 bridgehead atoms. The second-order valence-corrected chi connectivity index (χ2v) is 10.5. The smallest absolute Gasteiger partial charge is 0.220 e. The average molecular weight is 481 g/mol. The molecule has 0 radical (unpaired) electrons. The summed E-state index contributed by atoms with van der Waals surface area (Å²) in [6.45, 7) is 7.36. The van der Waals surface area contributed by atoms with Crippen LogP contribution in [0, 0.1) is 0 Å². The van der Waals surface area contributed by atoms with E-state index in [1.54, 1.807) is 0 Å². The maximum Gasteiger partial charge on any atom is 0.220 e. The molecule has 1 atom stereocenters. The standard InChI is InChI=1S/C30H60N2O2/c1-4-6-8-10-12-14-16-18-20-25-29(33)31-27-23-22-24-28(3)32-30(34)26-21-19-17-15-13-11-9-7-5-2/h28H,4-27H2,1-3H3,(H,31,33)(H,32,34)/t28-/m1/s1. The van der Waals surface area contributed by atoms with E-state index in [-0.39, 0.29) is 17.9 Å². The van der Waals surface area contributed by atoms with E-state index in [0.717, 1.165) is 38.6 Å². The normalized spacial score (nSPS) is 12.0. The Hall–Kier alpha value is -1.06. The highest BCUT2D eigenvalue weighted by Gasteiger charge is 2.07. The maximum absolute atomic E-state index is 12.1. The Kier molecular flexibility index (Phi) is 25.7. The van der Waals surface area contributed by atoms with Crippen molar-refractivity contribution in [2.45, 2.75) is 174 Å². The van der Waals surface area contributed by atoms with Gasteiger partial charge in [0.2, 0.25) is 11.8 Å². The summed E-state index contributed by atoms with van der Waals surface area (Å²) in [6, 6.07) is 0.226. The van der Waals surface area contributed by atoms with Crippen molar-refractivity contribution in [1.82, 2.24) is 10.6 Å². The van der Waals surface area contributed by atoms with Crippen LogP contribution in [0.1, 0.15) is 168 Å². The average Bonchev–Trinajstić information content (AvgIpc) is 2.81. The highest BCUT2D eigenvalue weighted by atomic mass is 16.2. The van der Waals surface area contributed by atoms with Crippen LogP contribution in [0.15, 0.2) is 0 Å². The Morgan fingerprint density at radius 2 is 0.941 bits per heavy atom. The highest BCUT2D eigenvalue weighted by Crippen LogP contribution is 2.12. The van der Waals surface area contributed by atoms with Crippen LogP contribution in [0.2, 0.25) is 0 Å². The number of carbonyl (C=O) groups is 2. The molecule has 0 aliphatic rings. The zero-order valence-electron chi connectivity index (χ0n) is 23.4. The van der Waals surface area contributed by atoms with Crippen molar-refractivity contribution in [3.8, 4) is 0 Å². The Morgan fingerprint density at radius 1 is 0.529 bits per heavy atom. The lowest BCUT2D eigenvalue weighted by Crippen LogP contribution is -2.32. The molecule has 0 spiro atoms. The van der Waals surface area contributed by atoms with Gasteiger partial charge >= 0.3 is 0 Å². The lowest BCUT2D eigenvalue weighted by molar-refractivity contribution is -0.122. The van der Waals surface area contributed by atoms with Crippen LogP contribution in [0.3, 0.4) is 0 Å². The van der Waals surface area contributed by atoms with Crippen molar-refractivity contribution in [3.05, 3.63) is 0 Å². The van der Waals surface area contributed by atoms with Gasteiger partial charge < -0.3 is 10.6 Å². The Bertz CT molecular complexity index is 453. The van der Waals surface area contributed by atoms with E-state index >= 15 is 0 Å². The van der Waals surface area contributed by atoms with Crippen LogP contribution >= 0.6 is 0 Å². The van der Waals surface area contributed by atoms with E-state index < -0.39 is 0 Å². The van der Waals surface area contributed by atoms with Crippen molar-refractivity contribution in [1.29, 1.82) is 0 Å². The number of hydrogen-bond acceptors (Lipinski definition) is 2. The Balaban J connectivity index is 3.41. The lowest BCUT2D eigenvalue weighted by Gasteiger charge is -2.14. The molecule has 0 aromatic carbocycles. The third-order valence-corrected chi connectivity index (χ3v) is 6.81. The van der Waals surface area contributed by atoms with E-state index in [1.165, 1.54) is 103 Å². The van der Waals surface area contributed by atoms with Crippen LogP contribution in [-0.2, 0) is 9.59 Å². The molecule has 2 N–H and O–H groups in total. The van der Waals surface area contributed by atoms with E-state index in [2.05, 4.69) is 31.4 Å². The molecule has 0 unspecified atom stereocenters. The fraction of sp³-hybridized carbons (Fsp3) is 0.933. The number of hydrogen-bond donors (Lipinski definition) is 2. The van der Waals surface area contributed by atoms with Gasteiger partial charge in [0.25, 0.3) is 0 Å². The van der Waals surface area contributed by atoms with Crippen molar-refractivity contribution < 1.29 is 9.59 Å². The van der Waals surface area contributed by atoms with E-state index in [1.807, 2.05) is 0 Å². The molecular formula is C30H60N2O2. The predicted octanol–water partition coefficient (Wildman–Crippen LogP) is 8.62. The lowest BCUT2D eigenvalue weighted by atomic mass is 10.1. The van der Waals surface area contributed by atoms with E-state index in [9.17, 15) is 9.59 Å². The molecule has 4 nitrogen and oxygen atoms in total. The fourth-order valence-electron chi connectivity index (χ4n) is 4.50. The van der Waals surface area contributed by atoms with E-state index in [0.29, 0.717) is 12.8 Å². The molecule has 0 aromatic heterocycles. The van der Waals surface area contributed by atoms with Gasteiger partial charge in [0, 0.05) is 25.4 Å². The summed E-state index contributed by atoms with van der Waals surface area (Å²) in [6.07, 6.45) is 27.4. The Morgan fingerprint density at radius 3 is 1.41 bits per heavy atom. The Labute approximate surface area is 213 Å². The third-order valence-electron chi connectivity index (χ3n) is 6.81. The summed E-state index contributed by atoms with van der Waals surface area (Å²) in [7, 11) is 0. The van der Waals surface area contributed by atoms with Gasteiger partial charge in [-0.2, -0.15) is 0 Å². The number of unbranched alkanes of at least 4 members (excludes halogenated alkanes) is 17. The second-order valence-electron chi connectivity index (χ2n) is 10.5. The van der Waals surface area contributed by atoms with Gasteiger partial charge in [-0.3, -0.25) is 9.59 Å². The van der Waals surface area contributed by atoms with Gasteiger partial charge in [-0.05, 0) is 39.0 Å². The van der Waals surface area contributed by atoms with Crippen LogP contribution < -0.4 is 10.6 Å². The molecule has 0 aliphatic heterocycles. The monoisotopic (exact) mass is 480 g/mol. The van der Waals surface area contributed by atoms with Crippen molar-refractivity contribution >= 4 is 11.8 Å². The first-order valence-corrected chi connectivity index (χ1v) is 15.2. The number of nitrogens with one attached hydrogen (secondary N) is 2. The molecule has 2 amide bonds. The van der Waals surface area contributed by atoms with Crippen molar-refractivity contribution in [3.63, 3.8) is 0 Å². The quantitative estimate of drug-likeness (QED) is 0.122. The van der Waals surface area contributed by atoms with Crippen molar-refractivity contribution in [2.24, 2.45) is 0 Å². The minimum atomic E-state index is 0.199. The number of carbonyl (C=O) groups excluding carboxylic acids is 2. The first-order chi connectivity index (χ1) is 16.6. The number of rotatable bonds is 26. The van der Waals surface area contributed by atoms with Gasteiger partial charge in [0.05, 0.1) is 0 Å². The summed E-state index contributed by atoms with van der Waals surface area (Å²) in [4.78, 5) is 24.0. The topological polar surface area (TPSA) is 58.2 Å². The van der Waals surface area contributed by atoms with Crippen LogP contribution in [-0.4, -0.2) is 24.4 Å². The van der Waals surface area contributed by atoms with Gasteiger partial charge in [-0.15, -0.1) is 0 Å². The molecular weight excluding hydrogens is 420 g/mol. The van der Waals surface area contributed by atoms with Gasteiger partial charge in [-0.1, -0.05) is 117 Å². The molecule has 202 valence electrons. The first kappa shape index (κ1) is 32.9. The predicted molar refractivity (Wildman–Crippen MR) is 148 cm³/mol. The summed E-state index contributed by atoms with van der Waals surface area (Å²) in [5.41, 5.74) is 0. The number of amides is 2. The largest absolute Gasteiger partial charge is 0.356 e. The first-order valence-electron chi connectivity index (χ1n) is 15.2. The molecule has 0 heterocycles. The maximum atomic E-state index is 12.1. The second kappa shape index (κ2) is 26.5. The highest BCUT2D eigenvalue weighted by molar-refractivity contribution is 5.76. The molecule has 0 rings (SSSR count). The molecule has 34 heavy (non-hydrogen) atoms. The molecule has 0 saturated heterocycles. The molecule has 4 heteroatoms.